The fraction of sp³-hybridized carbons (Fsp3) is 0.682. The van der Waals surface area contributed by atoms with Crippen LogP contribution in [0.5, 0.6) is 5.75 Å². The lowest BCUT2D eigenvalue weighted by molar-refractivity contribution is -0.156. The summed E-state index contributed by atoms with van der Waals surface area (Å²) in [5.41, 5.74) is 2.89. The zero-order valence-corrected chi connectivity index (χ0v) is 15.8. The van der Waals surface area contributed by atoms with E-state index in [1.807, 2.05) is 12.1 Å². The number of benzene rings is 1. The van der Waals surface area contributed by atoms with Crippen LogP contribution >= 0.6 is 0 Å². The first-order valence-electron chi connectivity index (χ1n) is 9.80. The summed E-state index contributed by atoms with van der Waals surface area (Å²) in [4.78, 5) is 11.6. The number of phenols is 1. The van der Waals surface area contributed by atoms with Gasteiger partial charge in [-0.2, -0.15) is 0 Å². The van der Waals surface area contributed by atoms with Crippen LogP contribution in [0.2, 0.25) is 0 Å². The molecule has 2 fully saturated rings. The number of carbonyl (C=O) groups is 1. The van der Waals surface area contributed by atoms with Gasteiger partial charge in [-0.15, -0.1) is 0 Å². The highest BCUT2D eigenvalue weighted by atomic mass is 16.5. The van der Waals surface area contributed by atoms with Crippen LogP contribution in [-0.2, 0) is 16.0 Å². The fourth-order valence-corrected chi connectivity index (χ4v) is 6.83. The Morgan fingerprint density at radius 3 is 2.72 bits per heavy atom. The van der Waals surface area contributed by atoms with E-state index >= 15 is 0 Å². The maximum Gasteiger partial charge on any atom is 0.302 e. The van der Waals surface area contributed by atoms with E-state index in [0.29, 0.717) is 35.3 Å². The quantitative estimate of drug-likeness (QED) is 0.754. The van der Waals surface area contributed by atoms with Gasteiger partial charge in [0.1, 0.15) is 11.9 Å². The summed E-state index contributed by atoms with van der Waals surface area (Å²) in [5.74, 6) is 3.23. The number of aromatic hydroxyl groups is 1. The molecule has 1 aromatic rings. The summed E-state index contributed by atoms with van der Waals surface area (Å²) < 4.78 is 5.76. The van der Waals surface area contributed by atoms with Crippen molar-refractivity contribution in [2.45, 2.75) is 65.4 Å². The maximum atomic E-state index is 11.6. The van der Waals surface area contributed by atoms with Gasteiger partial charge in [0.05, 0.1) is 0 Å². The van der Waals surface area contributed by atoms with E-state index in [-0.39, 0.29) is 17.5 Å². The molecule has 4 rings (SSSR count). The van der Waals surface area contributed by atoms with Gasteiger partial charge in [-0.1, -0.05) is 26.8 Å². The minimum atomic E-state index is -0.140. The molecular weight excluding hydrogens is 312 g/mol. The highest BCUT2D eigenvalue weighted by Gasteiger charge is 2.59. The Bertz CT molecular complexity index is 697. The van der Waals surface area contributed by atoms with Crippen molar-refractivity contribution in [1.82, 2.24) is 0 Å². The average molecular weight is 342 g/mol. The average Bonchev–Trinajstić information content (AvgIpc) is 2.82. The first kappa shape index (κ1) is 16.9. The molecule has 0 bridgehead atoms. The largest absolute Gasteiger partial charge is 0.508 e. The molecule has 7 atom stereocenters. The summed E-state index contributed by atoms with van der Waals surface area (Å²) in [6.07, 6.45) is 4.41. The molecular formula is C22H30O3. The molecule has 0 saturated heterocycles. The van der Waals surface area contributed by atoms with Crippen molar-refractivity contribution < 1.29 is 14.6 Å². The molecule has 3 aliphatic carbocycles. The molecule has 136 valence electrons. The van der Waals surface area contributed by atoms with Crippen molar-refractivity contribution in [2.24, 2.45) is 29.1 Å². The van der Waals surface area contributed by atoms with Crippen LogP contribution in [0.15, 0.2) is 18.2 Å². The summed E-state index contributed by atoms with van der Waals surface area (Å²) in [6.45, 7) is 8.65. The number of hydrogen-bond acceptors (Lipinski definition) is 3. The molecule has 3 unspecified atom stereocenters. The second-order valence-electron chi connectivity index (χ2n) is 9.14. The monoisotopic (exact) mass is 342 g/mol. The zero-order chi connectivity index (χ0) is 17.9. The number of hydrogen-bond donors (Lipinski definition) is 1. The molecule has 2 saturated carbocycles. The minimum Gasteiger partial charge on any atom is -0.508 e. The van der Waals surface area contributed by atoms with Crippen LogP contribution in [0, 0.1) is 29.1 Å². The lowest BCUT2D eigenvalue weighted by Crippen LogP contribution is -2.50. The Balaban J connectivity index is 1.73. The van der Waals surface area contributed by atoms with Crippen molar-refractivity contribution >= 4 is 5.97 Å². The Morgan fingerprint density at radius 1 is 1.24 bits per heavy atom. The highest BCUT2D eigenvalue weighted by molar-refractivity contribution is 5.66. The van der Waals surface area contributed by atoms with Crippen LogP contribution in [0.25, 0.3) is 0 Å². The van der Waals surface area contributed by atoms with Gasteiger partial charge in [-0.25, -0.2) is 0 Å². The molecule has 0 amide bonds. The van der Waals surface area contributed by atoms with Crippen molar-refractivity contribution in [3.8, 4) is 5.75 Å². The van der Waals surface area contributed by atoms with E-state index in [1.165, 1.54) is 24.5 Å². The van der Waals surface area contributed by atoms with Gasteiger partial charge in [0.25, 0.3) is 0 Å². The molecule has 0 spiro atoms. The number of esters is 1. The molecule has 0 radical (unpaired) electrons. The van der Waals surface area contributed by atoms with E-state index in [0.717, 1.165) is 19.3 Å². The second kappa shape index (κ2) is 5.75. The number of ether oxygens (including phenoxy) is 1. The Labute approximate surface area is 150 Å². The molecule has 1 N–H and O–H groups in total. The van der Waals surface area contributed by atoms with Gasteiger partial charge in [-0.05, 0) is 78.5 Å². The van der Waals surface area contributed by atoms with Crippen molar-refractivity contribution in [2.75, 3.05) is 0 Å². The van der Waals surface area contributed by atoms with E-state index in [4.69, 9.17) is 4.74 Å². The number of phenolic OH excluding ortho intramolecular Hbond substituents is 1. The zero-order valence-electron chi connectivity index (χ0n) is 15.8. The third-order valence-electron chi connectivity index (χ3n) is 7.57. The van der Waals surface area contributed by atoms with Crippen LogP contribution in [-0.4, -0.2) is 17.2 Å². The molecule has 0 heterocycles. The maximum absolute atomic E-state index is 11.6. The van der Waals surface area contributed by atoms with Crippen LogP contribution in [0.1, 0.15) is 64.0 Å². The number of rotatable bonds is 1. The lowest BCUT2D eigenvalue weighted by atomic mass is 9.50. The van der Waals surface area contributed by atoms with E-state index in [9.17, 15) is 9.90 Å². The minimum absolute atomic E-state index is 0.0758. The standard InChI is InChI=1S/C22H30O3/c1-12-9-15-10-16(24)5-6-17(15)20-13(2)11-22(4)18(21(12)20)7-8-19(22)25-14(3)23/h5-6,10,12-13,18-21,24H,7-9,11H2,1-4H3/t12-,13+,18?,19+,20?,21?,22+/m1/s1. The third-order valence-corrected chi connectivity index (χ3v) is 7.57. The van der Waals surface area contributed by atoms with Crippen LogP contribution in [0.3, 0.4) is 0 Å². The second-order valence-corrected chi connectivity index (χ2v) is 9.14. The molecule has 3 aliphatic rings. The molecule has 0 aromatic heterocycles. The molecule has 1 aromatic carbocycles. The van der Waals surface area contributed by atoms with Gasteiger partial charge in [-0.3, -0.25) is 4.79 Å². The Kier molecular flexibility index (Phi) is 3.90. The predicted octanol–water partition coefficient (Wildman–Crippen LogP) is 4.67. The number of carbonyl (C=O) groups excluding carboxylic acids is 1. The van der Waals surface area contributed by atoms with Crippen molar-refractivity contribution in [3.05, 3.63) is 29.3 Å². The summed E-state index contributed by atoms with van der Waals surface area (Å²) >= 11 is 0. The third kappa shape index (κ3) is 2.50. The normalized spacial score (nSPS) is 42.2. The smallest absolute Gasteiger partial charge is 0.302 e. The topological polar surface area (TPSA) is 46.5 Å². The van der Waals surface area contributed by atoms with Crippen LogP contribution in [0.4, 0.5) is 0 Å². The fourth-order valence-electron chi connectivity index (χ4n) is 6.83. The highest BCUT2D eigenvalue weighted by Crippen LogP contribution is 2.64. The lowest BCUT2D eigenvalue weighted by Gasteiger charge is -2.55. The van der Waals surface area contributed by atoms with E-state index in [1.54, 1.807) is 0 Å². The summed E-state index contributed by atoms with van der Waals surface area (Å²) in [6, 6.07) is 5.98. The van der Waals surface area contributed by atoms with E-state index < -0.39 is 0 Å². The van der Waals surface area contributed by atoms with E-state index in [2.05, 4.69) is 26.8 Å². The first-order chi connectivity index (χ1) is 11.8. The van der Waals surface area contributed by atoms with Gasteiger partial charge in [0.15, 0.2) is 0 Å². The molecule has 25 heavy (non-hydrogen) atoms. The van der Waals surface area contributed by atoms with Gasteiger partial charge < -0.3 is 9.84 Å². The summed E-state index contributed by atoms with van der Waals surface area (Å²) in [7, 11) is 0. The van der Waals surface area contributed by atoms with Crippen molar-refractivity contribution in [3.63, 3.8) is 0 Å². The first-order valence-corrected chi connectivity index (χ1v) is 9.80. The van der Waals surface area contributed by atoms with Crippen molar-refractivity contribution in [1.29, 1.82) is 0 Å². The molecule has 0 aliphatic heterocycles. The number of fused-ring (bicyclic) bond motifs is 5. The van der Waals surface area contributed by atoms with Crippen LogP contribution < -0.4 is 0 Å². The van der Waals surface area contributed by atoms with Gasteiger partial charge in [0.2, 0.25) is 0 Å². The summed E-state index contributed by atoms with van der Waals surface area (Å²) in [5, 5.41) is 9.90. The Hall–Kier alpha value is -1.51. The predicted molar refractivity (Wildman–Crippen MR) is 97.4 cm³/mol. The SMILES string of the molecule is CC(=O)O[C@H]1CCC2C3C(c4ccc(O)cc4C[C@H]3C)[C@@H](C)C[C@@]21C. The Morgan fingerprint density at radius 2 is 2.00 bits per heavy atom. The van der Waals surface area contributed by atoms with Gasteiger partial charge in [0, 0.05) is 12.3 Å². The molecule has 3 heteroatoms. The van der Waals surface area contributed by atoms with Gasteiger partial charge >= 0.3 is 5.97 Å². The molecule has 3 nitrogen and oxygen atoms in total.